The number of hydrogen-bond donors (Lipinski definition) is 2. The largest absolute Gasteiger partial charge is 0.350 e. The Hall–Kier alpha value is -2.82. The average Bonchev–Trinajstić information content (AvgIpc) is 2.76. The Morgan fingerprint density at radius 2 is 1.73 bits per heavy atom. The van der Waals surface area contributed by atoms with E-state index >= 15 is 0 Å². The van der Waals surface area contributed by atoms with Crippen LogP contribution in [0.1, 0.15) is 22.8 Å². The van der Waals surface area contributed by atoms with Gasteiger partial charge < -0.3 is 15.5 Å². The van der Waals surface area contributed by atoms with Crippen molar-refractivity contribution in [2.45, 2.75) is 12.6 Å². The first kappa shape index (κ1) is 12.9. The second-order valence-corrected chi connectivity index (χ2v) is 5.44. The molecule has 0 fully saturated rings. The van der Waals surface area contributed by atoms with Gasteiger partial charge in [0.05, 0.1) is 11.3 Å². The van der Waals surface area contributed by atoms with Crippen LogP contribution in [0.3, 0.4) is 0 Å². The molecule has 0 radical (unpaired) electrons. The molecule has 2 heterocycles. The second-order valence-electron chi connectivity index (χ2n) is 5.44. The van der Waals surface area contributed by atoms with E-state index in [2.05, 4.69) is 10.6 Å². The van der Waals surface area contributed by atoms with Gasteiger partial charge in [-0.15, -0.1) is 0 Å². The van der Waals surface area contributed by atoms with Gasteiger partial charge in [0.15, 0.2) is 0 Å². The lowest BCUT2D eigenvalue weighted by Gasteiger charge is -2.36. The molecule has 4 rings (SSSR count). The molecule has 2 aliphatic heterocycles. The fourth-order valence-corrected chi connectivity index (χ4v) is 3.27. The number of anilines is 2. The molecule has 1 atom stereocenters. The minimum Gasteiger partial charge on any atom is -0.350 e. The van der Waals surface area contributed by atoms with Crippen molar-refractivity contribution in [2.24, 2.45) is 0 Å². The molecule has 22 heavy (non-hydrogen) atoms. The predicted octanol–water partition coefficient (Wildman–Crippen LogP) is 2.06. The van der Waals surface area contributed by atoms with Crippen LogP contribution in [0.5, 0.6) is 0 Å². The molecular formula is C17H15N3O2. The number of likely N-dealkylation sites (N-methyl/N-ethyl adjacent to an activating group) is 1. The van der Waals surface area contributed by atoms with E-state index in [4.69, 9.17) is 0 Å². The number of nitrogens with zero attached hydrogens (tertiary/aromatic N) is 1. The third-order valence-electron chi connectivity index (χ3n) is 4.28. The lowest BCUT2D eigenvalue weighted by molar-refractivity contribution is -0.123. The topological polar surface area (TPSA) is 61.4 Å². The van der Waals surface area contributed by atoms with Crippen LogP contribution >= 0.6 is 0 Å². The van der Waals surface area contributed by atoms with Crippen LogP contribution < -0.4 is 15.5 Å². The highest BCUT2D eigenvalue weighted by atomic mass is 16.2. The number of nitrogens with one attached hydrogen (secondary N) is 2. The first-order valence-electron chi connectivity index (χ1n) is 7.28. The van der Waals surface area contributed by atoms with Crippen LogP contribution in [0.25, 0.3) is 0 Å². The molecule has 0 saturated carbocycles. The molecule has 0 unspecified atom stereocenters. The highest BCUT2D eigenvalue weighted by molar-refractivity contribution is 6.15. The van der Waals surface area contributed by atoms with Crippen molar-refractivity contribution >= 4 is 23.2 Å². The Morgan fingerprint density at radius 1 is 1.00 bits per heavy atom. The Balaban J connectivity index is 1.93. The molecule has 2 aromatic rings. The van der Waals surface area contributed by atoms with Crippen LogP contribution in [0.4, 0.5) is 11.4 Å². The Kier molecular flexibility index (Phi) is 2.54. The van der Waals surface area contributed by atoms with Crippen LogP contribution in [0, 0.1) is 0 Å². The van der Waals surface area contributed by atoms with Gasteiger partial charge in [-0.05, 0) is 25.1 Å². The molecule has 2 aromatic carbocycles. The normalized spacial score (nSPS) is 22.1. The summed E-state index contributed by atoms with van der Waals surface area (Å²) in [5.74, 6) is -0.394. The molecule has 2 N–H and O–H groups in total. The molecular weight excluding hydrogens is 278 g/mol. The fraction of sp³-hybridized carbons (Fsp3) is 0.176. The molecule has 1 spiro atoms. The summed E-state index contributed by atoms with van der Waals surface area (Å²) in [6.45, 7) is 2.48. The molecule has 2 amide bonds. The van der Waals surface area contributed by atoms with Gasteiger partial charge in [0.25, 0.3) is 11.8 Å². The highest BCUT2D eigenvalue weighted by Crippen LogP contribution is 2.42. The monoisotopic (exact) mass is 293 g/mol. The summed E-state index contributed by atoms with van der Waals surface area (Å²) in [6, 6.07) is 14.8. The molecule has 5 heteroatoms. The van der Waals surface area contributed by atoms with Crippen molar-refractivity contribution in [3.8, 4) is 0 Å². The molecule has 0 saturated heterocycles. The van der Waals surface area contributed by atoms with E-state index in [1.807, 2.05) is 43.3 Å². The minimum atomic E-state index is -1.21. The number of carbonyl (C=O) groups excluding carboxylic acids is 2. The van der Waals surface area contributed by atoms with Gasteiger partial charge >= 0.3 is 0 Å². The smallest absolute Gasteiger partial charge is 0.278 e. The summed E-state index contributed by atoms with van der Waals surface area (Å²) in [5.41, 5.74) is 1.63. The quantitative estimate of drug-likeness (QED) is 0.846. The SMILES string of the molecule is CCN1C(=O)[C@@]2(NC(=O)c3ccccc3N2)c2ccccc21. The first-order valence-corrected chi connectivity index (χ1v) is 7.28. The van der Waals surface area contributed by atoms with Gasteiger partial charge in [0, 0.05) is 17.8 Å². The number of fused-ring (bicyclic) bond motifs is 3. The standard InChI is InChI=1S/C17H15N3O2/c1-2-20-14-10-6-4-8-12(14)17(16(20)22)18-13-9-5-3-7-11(13)15(21)19-17/h3-10,18H,2H2,1H3,(H,19,21)/t17-/m0/s1. The maximum absolute atomic E-state index is 13.0. The third-order valence-corrected chi connectivity index (χ3v) is 4.28. The predicted molar refractivity (Wildman–Crippen MR) is 83.7 cm³/mol. The first-order chi connectivity index (χ1) is 10.7. The van der Waals surface area contributed by atoms with Gasteiger partial charge in [-0.25, -0.2) is 0 Å². The molecule has 2 aliphatic rings. The van der Waals surface area contributed by atoms with E-state index in [9.17, 15) is 9.59 Å². The van der Waals surface area contributed by atoms with Gasteiger partial charge in [-0.1, -0.05) is 30.3 Å². The Labute approximate surface area is 127 Å². The van der Waals surface area contributed by atoms with Gasteiger partial charge in [0.2, 0.25) is 5.66 Å². The number of benzene rings is 2. The van der Waals surface area contributed by atoms with Crippen molar-refractivity contribution in [3.05, 3.63) is 59.7 Å². The second kappa shape index (κ2) is 4.34. The van der Waals surface area contributed by atoms with E-state index in [0.29, 0.717) is 17.8 Å². The van der Waals surface area contributed by atoms with Crippen molar-refractivity contribution in [2.75, 3.05) is 16.8 Å². The van der Waals surface area contributed by atoms with Gasteiger partial charge in [0.1, 0.15) is 0 Å². The summed E-state index contributed by atoms with van der Waals surface area (Å²) in [5, 5.41) is 6.13. The van der Waals surface area contributed by atoms with Gasteiger partial charge in [-0.2, -0.15) is 0 Å². The number of hydrogen-bond acceptors (Lipinski definition) is 3. The zero-order chi connectivity index (χ0) is 15.3. The van der Waals surface area contributed by atoms with E-state index in [1.54, 1.807) is 17.0 Å². The molecule has 0 bridgehead atoms. The lowest BCUT2D eigenvalue weighted by Crippen LogP contribution is -2.60. The molecule has 110 valence electrons. The van der Waals surface area contributed by atoms with Crippen LogP contribution in [-0.2, 0) is 10.5 Å². The number of rotatable bonds is 1. The van der Waals surface area contributed by atoms with Crippen LogP contribution in [0.2, 0.25) is 0 Å². The maximum atomic E-state index is 13.0. The van der Waals surface area contributed by atoms with E-state index in [0.717, 1.165) is 11.3 Å². The van der Waals surface area contributed by atoms with Crippen molar-refractivity contribution < 1.29 is 9.59 Å². The zero-order valence-electron chi connectivity index (χ0n) is 12.1. The number of amides is 2. The fourth-order valence-electron chi connectivity index (χ4n) is 3.27. The Morgan fingerprint density at radius 3 is 2.55 bits per heavy atom. The highest BCUT2D eigenvalue weighted by Gasteiger charge is 2.54. The third kappa shape index (κ3) is 1.48. The summed E-state index contributed by atoms with van der Waals surface area (Å²) < 4.78 is 0. The van der Waals surface area contributed by atoms with Crippen molar-refractivity contribution in [3.63, 3.8) is 0 Å². The van der Waals surface area contributed by atoms with Crippen molar-refractivity contribution in [1.29, 1.82) is 0 Å². The maximum Gasteiger partial charge on any atom is 0.278 e. The molecule has 0 aliphatic carbocycles. The summed E-state index contributed by atoms with van der Waals surface area (Å²) in [7, 11) is 0. The lowest BCUT2D eigenvalue weighted by atomic mass is 9.96. The van der Waals surface area contributed by atoms with Crippen LogP contribution in [-0.4, -0.2) is 18.4 Å². The van der Waals surface area contributed by atoms with E-state index in [1.165, 1.54) is 0 Å². The van der Waals surface area contributed by atoms with E-state index in [-0.39, 0.29) is 11.8 Å². The van der Waals surface area contributed by atoms with Gasteiger partial charge in [-0.3, -0.25) is 9.59 Å². The summed E-state index contributed by atoms with van der Waals surface area (Å²) in [6.07, 6.45) is 0. The molecule has 5 nitrogen and oxygen atoms in total. The number of carbonyl (C=O) groups is 2. The number of para-hydroxylation sites is 2. The average molecular weight is 293 g/mol. The Bertz CT molecular complexity index is 802. The van der Waals surface area contributed by atoms with E-state index < -0.39 is 5.66 Å². The molecule has 0 aromatic heterocycles. The van der Waals surface area contributed by atoms with Crippen LogP contribution in [0.15, 0.2) is 48.5 Å². The summed E-state index contributed by atoms with van der Waals surface area (Å²) in [4.78, 5) is 27.1. The minimum absolute atomic E-state index is 0.154. The zero-order valence-corrected chi connectivity index (χ0v) is 12.1. The summed E-state index contributed by atoms with van der Waals surface area (Å²) >= 11 is 0. The van der Waals surface area contributed by atoms with Crippen molar-refractivity contribution in [1.82, 2.24) is 5.32 Å².